The van der Waals surface area contributed by atoms with Crippen LogP contribution in [0.15, 0.2) is 15.4 Å². The third kappa shape index (κ3) is 3.87. The number of aromatic nitrogens is 3. The molecule has 0 bridgehead atoms. The quantitative estimate of drug-likeness (QED) is 0.929. The minimum absolute atomic E-state index is 0.0636. The summed E-state index contributed by atoms with van der Waals surface area (Å²) in [6.07, 6.45) is 1.91. The predicted octanol–water partition coefficient (Wildman–Crippen LogP) is 2.74. The molecule has 2 aromatic heterocycles. The Bertz CT molecular complexity index is 640. The highest BCUT2D eigenvalue weighted by Crippen LogP contribution is 2.26. The fourth-order valence-electron chi connectivity index (χ4n) is 2.61. The van der Waals surface area contributed by atoms with E-state index in [0.717, 1.165) is 30.9 Å². The van der Waals surface area contributed by atoms with Crippen molar-refractivity contribution < 1.29 is 9.32 Å². The van der Waals surface area contributed by atoms with Gasteiger partial charge < -0.3 is 14.7 Å². The molecule has 0 aromatic carbocycles. The Balaban J connectivity index is 1.57. The van der Waals surface area contributed by atoms with Gasteiger partial charge in [-0.15, -0.1) is 11.3 Å². The van der Waals surface area contributed by atoms with Gasteiger partial charge in [0.15, 0.2) is 5.82 Å². The molecule has 124 valence electrons. The van der Waals surface area contributed by atoms with Crippen LogP contribution in [0.1, 0.15) is 55.9 Å². The number of hydrogen-bond donors (Lipinski definition) is 1. The van der Waals surface area contributed by atoms with Gasteiger partial charge in [-0.05, 0) is 12.8 Å². The molecule has 8 heteroatoms. The average molecular weight is 335 g/mol. The summed E-state index contributed by atoms with van der Waals surface area (Å²) in [4.78, 5) is 22.8. The normalized spacial score (nSPS) is 18.4. The van der Waals surface area contributed by atoms with E-state index >= 15 is 0 Å². The number of amides is 2. The van der Waals surface area contributed by atoms with Crippen LogP contribution in [0.25, 0.3) is 0 Å². The molecule has 1 atom stereocenters. The first kappa shape index (κ1) is 15.9. The number of urea groups is 1. The van der Waals surface area contributed by atoms with Crippen LogP contribution < -0.4 is 5.32 Å². The minimum atomic E-state index is -0.0636. The molecule has 23 heavy (non-hydrogen) atoms. The van der Waals surface area contributed by atoms with Gasteiger partial charge in [0.05, 0.1) is 23.7 Å². The van der Waals surface area contributed by atoms with Crippen LogP contribution >= 0.6 is 11.3 Å². The zero-order chi connectivity index (χ0) is 16.2. The number of nitrogens with one attached hydrogen (secondary N) is 1. The molecule has 0 radical (unpaired) electrons. The molecular formula is C15H21N5O2S. The summed E-state index contributed by atoms with van der Waals surface area (Å²) in [7, 11) is 0. The molecule has 3 rings (SSSR count). The first-order valence-electron chi connectivity index (χ1n) is 7.87. The number of piperidine rings is 1. The van der Waals surface area contributed by atoms with E-state index in [4.69, 9.17) is 4.52 Å². The Hall–Kier alpha value is -1.96. The highest BCUT2D eigenvalue weighted by Gasteiger charge is 2.28. The van der Waals surface area contributed by atoms with E-state index in [0.29, 0.717) is 19.0 Å². The second kappa shape index (κ2) is 7.08. The molecular weight excluding hydrogens is 314 g/mol. The maximum absolute atomic E-state index is 12.3. The number of hydrogen-bond acceptors (Lipinski definition) is 6. The van der Waals surface area contributed by atoms with Gasteiger partial charge in [-0.1, -0.05) is 19.0 Å². The monoisotopic (exact) mass is 335 g/mol. The van der Waals surface area contributed by atoms with E-state index in [-0.39, 0.29) is 17.9 Å². The number of nitrogens with zero attached hydrogens (tertiary/aromatic N) is 4. The zero-order valence-electron chi connectivity index (χ0n) is 13.4. The second-order valence-corrected chi connectivity index (χ2v) is 6.79. The van der Waals surface area contributed by atoms with E-state index in [1.165, 1.54) is 11.3 Å². The van der Waals surface area contributed by atoms with Crippen molar-refractivity contribution in [3.05, 3.63) is 28.3 Å². The van der Waals surface area contributed by atoms with E-state index < -0.39 is 0 Å². The van der Waals surface area contributed by atoms with E-state index in [2.05, 4.69) is 20.4 Å². The van der Waals surface area contributed by atoms with Gasteiger partial charge in [-0.2, -0.15) is 4.98 Å². The number of carbonyl (C=O) groups excluding carboxylic acids is 1. The molecule has 2 aromatic rings. The Morgan fingerprint density at radius 3 is 3.13 bits per heavy atom. The van der Waals surface area contributed by atoms with Crippen LogP contribution in [0.4, 0.5) is 4.79 Å². The number of thiazole rings is 1. The van der Waals surface area contributed by atoms with Gasteiger partial charge >= 0.3 is 6.03 Å². The molecule has 1 N–H and O–H groups in total. The molecule has 0 saturated carbocycles. The van der Waals surface area contributed by atoms with Crippen LogP contribution in [0.2, 0.25) is 0 Å². The SMILES string of the molecule is CC(C)c1noc([C@@H]2CCCN(C(=O)NCc3cscn3)C2)n1. The Kier molecular flexibility index (Phi) is 4.90. The van der Waals surface area contributed by atoms with Crippen molar-refractivity contribution in [2.24, 2.45) is 0 Å². The molecule has 1 saturated heterocycles. The summed E-state index contributed by atoms with van der Waals surface area (Å²) in [6, 6.07) is -0.0636. The molecule has 7 nitrogen and oxygen atoms in total. The largest absolute Gasteiger partial charge is 0.339 e. The molecule has 0 spiro atoms. The summed E-state index contributed by atoms with van der Waals surface area (Å²) >= 11 is 1.53. The van der Waals surface area contributed by atoms with Crippen LogP contribution in [0.3, 0.4) is 0 Å². The average Bonchev–Trinajstić information content (AvgIpc) is 3.24. The Morgan fingerprint density at radius 2 is 2.43 bits per heavy atom. The van der Waals surface area contributed by atoms with E-state index in [9.17, 15) is 4.79 Å². The smallest absolute Gasteiger partial charge is 0.317 e. The molecule has 0 aliphatic carbocycles. The standard InChI is InChI=1S/C15H21N5O2S/c1-10(2)13-18-14(22-19-13)11-4-3-5-20(7-11)15(21)16-6-12-8-23-9-17-12/h8-11H,3-7H2,1-2H3,(H,16,21)/t11-/m1/s1. The lowest BCUT2D eigenvalue weighted by Gasteiger charge is -2.31. The lowest BCUT2D eigenvalue weighted by Crippen LogP contribution is -2.44. The minimum Gasteiger partial charge on any atom is -0.339 e. The van der Waals surface area contributed by atoms with E-state index in [1.807, 2.05) is 24.1 Å². The third-order valence-electron chi connectivity index (χ3n) is 3.94. The Morgan fingerprint density at radius 1 is 1.57 bits per heavy atom. The molecule has 1 aliphatic rings. The van der Waals surface area contributed by atoms with Crippen molar-refractivity contribution in [2.75, 3.05) is 13.1 Å². The predicted molar refractivity (Wildman–Crippen MR) is 86.3 cm³/mol. The Labute approximate surface area is 139 Å². The summed E-state index contributed by atoms with van der Waals surface area (Å²) in [5.41, 5.74) is 2.65. The van der Waals surface area contributed by atoms with Crippen LogP contribution in [-0.2, 0) is 6.54 Å². The highest BCUT2D eigenvalue weighted by molar-refractivity contribution is 7.07. The van der Waals surface area contributed by atoms with Crippen LogP contribution in [-0.4, -0.2) is 39.1 Å². The number of carbonyl (C=O) groups is 1. The van der Waals surface area contributed by atoms with Gasteiger partial charge in [-0.25, -0.2) is 9.78 Å². The molecule has 0 unspecified atom stereocenters. The number of likely N-dealkylation sites (tertiary alicyclic amines) is 1. The van der Waals surface area contributed by atoms with Crippen molar-refractivity contribution in [3.8, 4) is 0 Å². The maximum atomic E-state index is 12.3. The van der Waals surface area contributed by atoms with Gasteiger partial charge in [0.2, 0.25) is 5.89 Å². The topological polar surface area (TPSA) is 84.2 Å². The van der Waals surface area contributed by atoms with Gasteiger partial charge in [0.1, 0.15) is 0 Å². The second-order valence-electron chi connectivity index (χ2n) is 6.07. The van der Waals surface area contributed by atoms with Gasteiger partial charge in [0.25, 0.3) is 0 Å². The first-order chi connectivity index (χ1) is 11.1. The zero-order valence-corrected chi connectivity index (χ0v) is 14.2. The summed E-state index contributed by atoms with van der Waals surface area (Å²) in [5.74, 6) is 1.73. The van der Waals surface area contributed by atoms with E-state index in [1.54, 1.807) is 5.51 Å². The fourth-order valence-corrected chi connectivity index (χ4v) is 3.17. The highest BCUT2D eigenvalue weighted by atomic mass is 32.1. The lowest BCUT2D eigenvalue weighted by atomic mass is 9.98. The third-order valence-corrected chi connectivity index (χ3v) is 4.57. The number of rotatable bonds is 4. The van der Waals surface area contributed by atoms with Crippen LogP contribution in [0.5, 0.6) is 0 Å². The van der Waals surface area contributed by atoms with Crippen molar-refractivity contribution in [1.82, 2.24) is 25.3 Å². The van der Waals surface area contributed by atoms with Crippen molar-refractivity contribution in [3.63, 3.8) is 0 Å². The maximum Gasteiger partial charge on any atom is 0.317 e. The summed E-state index contributed by atoms with van der Waals surface area (Å²) in [5, 5.41) is 8.87. The van der Waals surface area contributed by atoms with Crippen molar-refractivity contribution >= 4 is 17.4 Å². The van der Waals surface area contributed by atoms with Crippen molar-refractivity contribution in [2.45, 2.75) is 45.1 Å². The molecule has 1 aliphatic heterocycles. The summed E-state index contributed by atoms with van der Waals surface area (Å²) in [6.45, 7) is 5.90. The molecule has 2 amide bonds. The summed E-state index contributed by atoms with van der Waals surface area (Å²) < 4.78 is 5.38. The van der Waals surface area contributed by atoms with Crippen LogP contribution in [0, 0.1) is 0 Å². The van der Waals surface area contributed by atoms with Gasteiger partial charge in [-0.3, -0.25) is 0 Å². The molecule has 3 heterocycles. The molecule has 1 fully saturated rings. The lowest BCUT2D eigenvalue weighted by molar-refractivity contribution is 0.171. The van der Waals surface area contributed by atoms with Crippen molar-refractivity contribution in [1.29, 1.82) is 0 Å². The fraction of sp³-hybridized carbons (Fsp3) is 0.600. The van der Waals surface area contributed by atoms with Gasteiger partial charge in [0, 0.05) is 24.4 Å². The first-order valence-corrected chi connectivity index (χ1v) is 8.81.